The number of hydrogen-bond acceptors (Lipinski definition) is 5. The fraction of sp³-hybridized carbons (Fsp3) is 0.609. The predicted octanol–water partition coefficient (Wildman–Crippen LogP) is 2.74. The smallest absolute Gasteiger partial charge is 0.174 e. The van der Waals surface area contributed by atoms with Gasteiger partial charge in [0.15, 0.2) is 23.4 Å². The minimum atomic E-state index is -0.543. The van der Waals surface area contributed by atoms with Crippen molar-refractivity contribution >= 4 is 5.78 Å². The molecule has 6 rings (SSSR count). The Hall–Kier alpha value is -1.85. The molecule has 0 amide bonds. The molecule has 5 heteroatoms. The number of rotatable bonds is 5. The van der Waals surface area contributed by atoms with Gasteiger partial charge >= 0.3 is 0 Å². The average Bonchev–Trinajstić information content (AvgIpc) is 3.43. The summed E-state index contributed by atoms with van der Waals surface area (Å²) in [6.45, 7) is 6.43. The van der Waals surface area contributed by atoms with Crippen LogP contribution in [0.25, 0.3) is 0 Å². The van der Waals surface area contributed by atoms with E-state index in [-0.39, 0.29) is 17.6 Å². The summed E-state index contributed by atoms with van der Waals surface area (Å²) < 4.78 is 12.9. The maximum atomic E-state index is 13.0. The third kappa shape index (κ3) is 1.92. The van der Waals surface area contributed by atoms with Gasteiger partial charge in [-0.15, -0.1) is 6.58 Å². The van der Waals surface area contributed by atoms with Crippen molar-refractivity contribution in [1.29, 1.82) is 0 Å². The number of likely N-dealkylation sites (tertiary alicyclic amines) is 1. The Bertz CT molecular complexity index is 874. The lowest BCUT2D eigenvalue weighted by Gasteiger charge is -2.64. The molecule has 0 aromatic heterocycles. The highest BCUT2D eigenvalue weighted by molar-refractivity contribution is 5.90. The predicted molar refractivity (Wildman–Crippen MR) is 104 cm³/mol. The van der Waals surface area contributed by atoms with Gasteiger partial charge in [-0.2, -0.15) is 0 Å². The molecule has 1 spiro atoms. The first kappa shape index (κ1) is 17.0. The molecule has 4 atom stereocenters. The van der Waals surface area contributed by atoms with Crippen LogP contribution in [0.4, 0.5) is 0 Å². The van der Waals surface area contributed by atoms with E-state index in [1.807, 2.05) is 12.1 Å². The van der Waals surface area contributed by atoms with Gasteiger partial charge in [0.1, 0.15) is 0 Å². The molecule has 148 valence electrons. The van der Waals surface area contributed by atoms with Crippen molar-refractivity contribution < 1.29 is 19.4 Å². The lowest BCUT2D eigenvalue weighted by atomic mass is 9.48. The van der Waals surface area contributed by atoms with E-state index in [0.29, 0.717) is 18.8 Å². The van der Waals surface area contributed by atoms with Gasteiger partial charge in [-0.25, -0.2) is 0 Å². The molecule has 2 saturated carbocycles. The first-order chi connectivity index (χ1) is 13.6. The van der Waals surface area contributed by atoms with Crippen molar-refractivity contribution in [1.82, 2.24) is 4.90 Å². The van der Waals surface area contributed by atoms with E-state index in [2.05, 4.69) is 11.5 Å². The van der Waals surface area contributed by atoms with Crippen LogP contribution in [0, 0.1) is 5.92 Å². The standard InChI is InChI=1S/C23H27NO4/c1-2-11-27-23-8-7-17(26)21-22(23)9-10-24(13-14-3-4-14)18(23)12-15-5-6-16(25)20(28-21)19(15)22/h2,5-6,14,18,21,25H,1,3-4,7-13H2/t18-,21+,22+,23-/m1/s1. The Labute approximate surface area is 165 Å². The van der Waals surface area contributed by atoms with Gasteiger partial charge in [-0.05, 0) is 56.2 Å². The van der Waals surface area contributed by atoms with E-state index >= 15 is 0 Å². The minimum absolute atomic E-state index is 0.145. The quantitative estimate of drug-likeness (QED) is 0.795. The fourth-order valence-corrected chi connectivity index (χ4v) is 6.74. The number of benzene rings is 1. The highest BCUT2D eigenvalue weighted by Gasteiger charge is 2.74. The Balaban J connectivity index is 1.58. The van der Waals surface area contributed by atoms with Gasteiger partial charge < -0.3 is 14.6 Å². The number of nitrogens with zero attached hydrogens (tertiary/aromatic N) is 1. The van der Waals surface area contributed by atoms with E-state index in [9.17, 15) is 9.90 Å². The maximum Gasteiger partial charge on any atom is 0.174 e. The molecule has 2 aliphatic heterocycles. The van der Waals surface area contributed by atoms with Crippen LogP contribution < -0.4 is 4.74 Å². The summed E-state index contributed by atoms with van der Waals surface area (Å²) in [6, 6.07) is 4.00. The molecule has 0 radical (unpaired) electrons. The average molecular weight is 381 g/mol. The molecule has 3 fully saturated rings. The number of piperidine rings is 1. The molecule has 1 aromatic carbocycles. The molecule has 28 heavy (non-hydrogen) atoms. The van der Waals surface area contributed by atoms with Crippen molar-refractivity contribution in [2.24, 2.45) is 5.92 Å². The molecule has 0 unspecified atom stereocenters. The summed E-state index contributed by atoms with van der Waals surface area (Å²) in [6.07, 6.45) is 6.85. The van der Waals surface area contributed by atoms with Crippen molar-refractivity contribution in [3.05, 3.63) is 35.9 Å². The Morgan fingerprint density at radius 1 is 1.36 bits per heavy atom. The number of ketones is 1. The molecule has 1 N–H and O–H groups in total. The van der Waals surface area contributed by atoms with Gasteiger partial charge in [0, 0.05) is 24.6 Å². The monoisotopic (exact) mass is 381 g/mol. The van der Waals surface area contributed by atoms with Crippen molar-refractivity contribution in [2.75, 3.05) is 19.7 Å². The van der Waals surface area contributed by atoms with E-state index in [4.69, 9.17) is 9.47 Å². The molecular weight excluding hydrogens is 354 g/mol. The van der Waals surface area contributed by atoms with E-state index in [0.717, 1.165) is 43.8 Å². The van der Waals surface area contributed by atoms with E-state index in [1.54, 1.807) is 6.07 Å². The second-order valence-electron chi connectivity index (χ2n) is 9.28. The maximum absolute atomic E-state index is 13.0. The van der Waals surface area contributed by atoms with Crippen molar-refractivity contribution in [3.63, 3.8) is 0 Å². The lowest BCUT2D eigenvalue weighted by Crippen LogP contribution is -2.77. The summed E-state index contributed by atoms with van der Waals surface area (Å²) in [5, 5.41) is 10.5. The van der Waals surface area contributed by atoms with Gasteiger partial charge in [0.25, 0.3) is 0 Å². The fourth-order valence-electron chi connectivity index (χ4n) is 6.74. The third-order valence-electron chi connectivity index (χ3n) is 7.98. The lowest BCUT2D eigenvalue weighted by molar-refractivity contribution is -0.209. The summed E-state index contributed by atoms with van der Waals surface area (Å²) in [7, 11) is 0. The van der Waals surface area contributed by atoms with Gasteiger partial charge in [-0.3, -0.25) is 9.69 Å². The second-order valence-corrected chi connectivity index (χ2v) is 9.28. The molecule has 5 nitrogen and oxygen atoms in total. The number of phenols is 1. The van der Waals surface area contributed by atoms with Crippen LogP contribution in [0.2, 0.25) is 0 Å². The number of carbonyl (C=O) groups excluding carboxylic acids is 1. The minimum Gasteiger partial charge on any atom is -0.504 e. The van der Waals surface area contributed by atoms with E-state index in [1.165, 1.54) is 18.4 Å². The summed E-state index contributed by atoms with van der Waals surface area (Å²) >= 11 is 0. The molecule has 3 aliphatic carbocycles. The summed E-state index contributed by atoms with van der Waals surface area (Å²) in [5.41, 5.74) is 1.32. The number of aromatic hydroxyl groups is 1. The highest BCUT2D eigenvalue weighted by atomic mass is 16.5. The first-order valence-electron chi connectivity index (χ1n) is 10.6. The largest absolute Gasteiger partial charge is 0.504 e. The van der Waals surface area contributed by atoms with Crippen LogP contribution in [0.5, 0.6) is 11.5 Å². The van der Waals surface area contributed by atoms with E-state index < -0.39 is 17.1 Å². The summed E-state index contributed by atoms with van der Waals surface area (Å²) in [4.78, 5) is 15.7. The zero-order valence-corrected chi connectivity index (χ0v) is 16.2. The summed E-state index contributed by atoms with van der Waals surface area (Å²) in [5.74, 6) is 1.63. The zero-order valence-electron chi connectivity index (χ0n) is 16.2. The van der Waals surface area contributed by atoms with Gasteiger partial charge in [0.2, 0.25) is 0 Å². The molecule has 5 aliphatic rings. The molecular formula is C23H27NO4. The third-order valence-corrected chi connectivity index (χ3v) is 7.98. The van der Waals surface area contributed by atoms with Crippen LogP contribution >= 0.6 is 0 Å². The van der Waals surface area contributed by atoms with Crippen LogP contribution in [0.3, 0.4) is 0 Å². The molecule has 2 heterocycles. The number of hydrogen-bond donors (Lipinski definition) is 1. The van der Waals surface area contributed by atoms with Gasteiger partial charge in [-0.1, -0.05) is 12.1 Å². The molecule has 1 aromatic rings. The Kier molecular flexibility index (Phi) is 3.41. The number of carbonyl (C=O) groups is 1. The molecule has 2 bridgehead atoms. The first-order valence-corrected chi connectivity index (χ1v) is 10.6. The second kappa shape index (κ2) is 5.61. The van der Waals surface area contributed by atoms with Crippen molar-refractivity contribution in [3.8, 4) is 11.5 Å². The Morgan fingerprint density at radius 3 is 3.00 bits per heavy atom. The van der Waals surface area contributed by atoms with Crippen LogP contribution in [-0.4, -0.2) is 53.2 Å². The zero-order chi connectivity index (χ0) is 19.1. The van der Waals surface area contributed by atoms with Gasteiger partial charge in [0.05, 0.1) is 17.6 Å². The van der Waals surface area contributed by atoms with Crippen LogP contribution in [-0.2, 0) is 21.4 Å². The number of ether oxygens (including phenoxy) is 2. The topological polar surface area (TPSA) is 59.0 Å². The number of phenolic OH excluding ortho intramolecular Hbond substituents is 1. The molecule has 1 saturated heterocycles. The van der Waals surface area contributed by atoms with Crippen LogP contribution in [0.1, 0.15) is 43.2 Å². The Morgan fingerprint density at radius 2 is 2.21 bits per heavy atom. The highest BCUT2D eigenvalue weighted by Crippen LogP contribution is 2.66. The van der Waals surface area contributed by atoms with Crippen LogP contribution in [0.15, 0.2) is 24.8 Å². The van der Waals surface area contributed by atoms with Crippen molar-refractivity contribution in [2.45, 2.75) is 61.7 Å². The SMILES string of the molecule is C=CCO[C@@]12CCC(=O)[C@@H]3Oc4c(O)ccc5c4[C@@]31CCN(CC1CC1)[C@@H]2C5. The normalized spacial score (nSPS) is 38.1. The number of Topliss-reactive ketones (excluding diaryl/α,β-unsaturated/α-hetero) is 1.